The fraction of sp³-hybridized carbons (Fsp3) is 0. The van der Waals surface area contributed by atoms with E-state index in [1.807, 2.05) is 30.3 Å². The predicted octanol–water partition coefficient (Wildman–Crippen LogP) is 0.927. The molecular formula is C9H10ClNO2. The van der Waals surface area contributed by atoms with Gasteiger partial charge in [-0.3, -0.25) is 4.79 Å². The zero-order valence-corrected chi connectivity index (χ0v) is 7.58. The summed E-state index contributed by atoms with van der Waals surface area (Å²) in [5.41, 5.74) is 5.81. The number of carbonyl (C=O) groups excluding carboxylic acids is 1. The van der Waals surface area contributed by atoms with E-state index >= 15 is 0 Å². The third-order valence-corrected chi connectivity index (χ3v) is 1.62. The molecule has 0 heterocycles. The topological polar surface area (TPSA) is 74.6 Å². The van der Waals surface area contributed by atoms with Gasteiger partial charge in [0.1, 0.15) is 5.03 Å². The van der Waals surface area contributed by atoms with Gasteiger partial charge in [0.25, 0.3) is 5.91 Å². The first-order chi connectivity index (χ1) is 5.70. The van der Waals surface area contributed by atoms with E-state index in [2.05, 4.69) is 0 Å². The van der Waals surface area contributed by atoms with Crippen LogP contribution in [0.15, 0.2) is 35.4 Å². The number of hydrogen-bond acceptors (Lipinski definition) is 1. The summed E-state index contributed by atoms with van der Waals surface area (Å²) >= 11 is 5.54. The van der Waals surface area contributed by atoms with Crippen LogP contribution in [0.4, 0.5) is 0 Å². The summed E-state index contributed by atoms with van der Waals surface area (Å²) in [7, 11) is 0. The third kappa shape index (κ3) is 3.73. The van der Waals surface area contributed by atoms with Crippen molar-refractivity contribution in [3.8, 4) is 0 Å². The second-order valence-electron chi connectivity index (χ2n) is 2.27. The van der Waals surface area contributed by atoms with Crippen molar-refractivity contribution in [1.29, 1.82) is 0 Å². The Hall–Kier alpha value is -1.32. The maximum absolute atomic E-state index is 10.5. The van der Waals surface area contributed by atoms with Crippen molar-refractivity contribution in [2.24, 2.45) is 5.73 Å². The zero-order chi connectivity index (χ0) is 8.97. The molecule has 1 aromatic rings. The lowest BCUT2D eigenvalue weighted by molar-refractivity contribution is -0.113. The number of benzene rings is 1. The molecule has 0 saturated heterocycles. The Morgan fingerprint density at radius 1 is 1.31 bits per heavy atom. The van der Waals surface area contributed by atoms with Crippen molar-refractivity contribution in [3.63, 3.8) is 0 Å². The molecule has 0 unspecified atom stereocenters. The molecule has 0 fully saturated rings. The van der Waals surface area contributed by atoms with E-state index in [9.17, 15) is 4.79 Å². The van der Waals surface area contributed by atoms with Crippen molar-refractivity contribution >= 4 is 23.6 Å². The fourth-order valence-corrected chi connectivity index (χ4v) is 0.893. The highest BCUT2D eigenvalue weighted by molar-refractivity contribution is 6.43. The van der Waals surface area contributed by atoms with Crippen LogP contribution in [0, 0.1) is 0 Å². The average molecular weight is 200 g/mol. The van der Waals surface area contributed by atoms with Gasteiger partial charge in [0.05, 0.1) is 0 Å². The van der Waals surface area contributed by atoms with Gasteiger partial charge in [-0.2, -0.15) is 0 Å². The van der Waals surface area contributed by atoms with Crippen LogP contribution in [0.3, 0.4) is 0 Å². The molecule has 0 saturated carbocycles. The first kappa shape index (κ1) is 11.7. The van der Waals surface area contributed by atoms with Gasteiger partial charge in [-0.05, 0) is 11.6 Å². The van der Waals surface area contributed by atoms with Gasteiger partial charge in [0.15, 0.2) is 0 Å². The van der Waals surface area contributed by atoms with Crippen LogP contribution in [-0.4, -0.2) is 11.4 Å². The standard InChI is InChI=1S/C9H8ClNO.H2O/c10-8(9(11)12)6-7-4-2-1-3-5-7;/h1-6H,(H2,11,12);1H2. The minimum Gasteiger partial charge on any atom is -0.412 e. The molecule has 0 atom stereocenters. The molecule has 1 rings (SSSR count). The molecule has 0 aliphatic heterocycles. The maximum atomic E-state index is 10.5. The Kier molecular flexibility index (Phi) is 4.80. The monoisotopic (exact) mass is 199 g/mol. The lowest BCUT2D eigenvalue weighted by atomic mass is 10.2. The number of hydrogen-bond donors (Lipinski definition) is 1. The van der Waals surface area contributed by atoms with Crippen LogP contribution >= 0.6 is 11.6 Å². The molecule has 3 nitrogen and oxygen atoms in total. The molecule has 4 N–H and O–H groups in total. The Balaban J connectivity index is 0.00000144. The molecule has 1 aromatic carbocycles. The minimum atomic E-state index is -0.611. The first-order valence-electron chi connectivity index (χ1n) is 3.42. The van der Waals surface area contributed by atoms with Gasteiger partial charge in [0.2, 0.25) is 0 Å². The van der Waals surface area contributed by atoms with Gasteiger partial charge < -0.3 is 11.2 Å². The molecule has 1 amide bonds. The van der Waals surface area contributed by atoms with E-state index in [0.29, 0.717) is 0 Å². The molecule has 4 heteroatoms. The van der Waals surface area contributed by atoms with E-state index < -0.39 is 5.91 Å². The van der Waals surface area contributed by atoms with Gasteiger partial charge in [-0.1, -0.05) is 41.9 Å². The molecular weight excluding hydrogens is 190 g/mol. The van der Waals surface area contributed by atoms with E-state index in [4.69, 9.17) is 17.3 Å². The summed E-state index contributed by atoms with van der Waals surface area (Å²) in [6, 6.07) is 9.28. The molecule has 70 valence electrons. The van der Waals surface area contributed by atoms with E-state index in [0.717, 1.165) is 5.56 Å². The van der Waals surface area contributed by atoms with E-state index in [1.165, 1.54) is 6.08 Å². The second kappa shape index (κ2) is 5.35. The number of rotatable bonds is 2. The SMILES string of the molecule is NC(=O)C(Cl)=Cc1ccccc1.O. The maximum Gasteiger partial charge on any atom is 0.260 e. The highest BCUT2D eigenvalue weighted by atomic mass is 35.5. The van der Waals surface area contributed by atoms with E-state index in [-0.39, 0.29) is 10.5 Å². The third-order valence-electron chi connectivity index (χ3n) is 1.33. The van der Waals surface area contributed by atoms with E-state index in [1.54, 1.807) is 0 Å². The Bertz CT molecular complexity index is 309. The number of nitrogens with two attached hydrogens (primary N) is 1. The summed E-state index contributed by atoms with van der Waals surface area (Å²) in [6.07, 6.45) is 1.53. The van der Waals surface area contributed by atoms with Crippen LogP contribution in [0.1, 0.15) is 5.56 Å². The molecule has 13 heavy (non-hydrogen) atoms. The lowest BCUT2D eigenvalue weighted by Crippen LogP contribution is -2.09. The molecule has 0 aliphatic rings. The zero-order valence-electron chi connectivity index (χ0n) is 6.83. The average Bonchev–Trinajstić information content (AvgIpc) is 2.06. The van der Waals surface area contributed by atoms with Gasteiger partial charge in [0, 0.05) is 0 Å². The summed E-state index contributed by atoms with van der Waals surface area (Å²) in [6.45, 7) is 0. The van der Waals surface area contributed by atoms with Gasteiger partial charge >= 0.3 is 0 Å². The largest absolute Gasteiger partial charge is 0.412 e. The molecule has 0 aliphatic carbocycles. The molecule has 0 spiro atoms. The Labute approximate surface area is 81.1 Å². The van der Waals surface area contributed by atoms with Crippen LogP contribution in [0.5, 0.6) is 0 Å². The predicted molar refractivity (Wildman–Crippen MR) is 53.1 cm³/mol. The van der Waals surface area contributed by atoms with Crippen molar-refractivity contribution in [2.75, 3.05) is 0 Å². The number of carbonyl (C=O) groups is 1. The van der Waals surface area contributed by atoms with Crippen molar-refractivity contribution in [2.45, 2.75) is 0 Å². The molecule has 0 radical (unpaired) electrons. The first-order valence-corrected chi connectivity index (χ1v) is 3.80. The Morgan fingerprint density at radius 3 is 2.31 bits per heavy atom. The van der Waals surface area contributed by atoms with Crippen LogP contribution in [-0.2, 0) is 4.79 Å². The Morgan fingerprint density at radius 2 is 1.85 bits per heavy atom. The summed E-state index contributed by atoms with van der Waals surface area (Å²) in [5, 5.41) is 0.0428. The number of primary amides is 1. The highest BCUT2D eigenvalue weighted by Crippen LogP contribution is 2.08. The second-order valence-corrected chi connectivity index (χ2v) is 2.67. The van der Waals surface area contributed by atoms with Gasteiger partial charge in [-0.15, -0.1) is 0 Å². The lowest BCUT2D eigenvalue weighted by Gasteiger charge is -1.92. The van der Waals surface area contributed by atoms with Gasteiger partial charge in [-0.25, -0.2) is 0 Å². The quantitative estimate of drug-likeness (QED) is 0.707. The highest BCUT2D eigenvalue weighted by Gasteiger charge is 1.98. The fourth-order valence-electron chi connectivity index (χ4n) is 0.767. The normalized spacial score (nSPS) is 10.4. The minimum absolute atomic E-state index is 0. The number of halogens is 1. The molecule has 0 aromatic heterocycles. The molecule has 0 bridgehead atoms. The van der Waals surface area contributed by atoms with Crippen LogP contribution in [0.25, 0.3) is 6.08 Å². The number of amides is 1. The van der Waals surface area contributed by atoms with Crippen molar-refractivity contribution < 1.29 is 10.3 Å². The summed E-state index contributed by atoms with van der Waals surface area (Å²) in [5.74, 6) is -0.611. The van der Waals surface area contributed by atoms with Crippen molar-refractivity contribution in [1.82, 2.24) is 0 Å². The van der Waals surface area contributed by atoms with Crippen molar-refractivity contribution in [3.05, 3.63) is 40.9 Å². The summed E-state index contributed by atoms with van der Waals surface area (Å²) in [4.78, 5) is 10.5. The van der Waals surface area contributed by atoms with Crippen LogP contribution < -0.4 is 5.73 Å². The van der Waals surface area contributed by atoms with Crippen LogP contribution in [0.2, 0.25) is 0 Å². The summed E-state index contributed by atoms with van der Waals surface area (Å²) < 4.78 is 0. The smallest absolute Gasteiger partial charge is 0.260 e.